The molecule has 0 aromatic rings. The molecule has 0 bridgehead atoms. The van der Waals surface area contributed by atoms with Gasteiger partial charge < -0.3 is 10.2 Å². The molecular formula is C12H15N4OS+. The Bertz CT molecular complexity index is 491. The van der Waals surface area contributed by atoms with E-state index in [1.165, 1.54) is 4.90 Å². The number of thiol groups is 1. The number of piperidine rings is 1. The van der Waals surface area contributed by atoms with Crippen molar-refractivity contribution < 1.29 is 9.69 Å². The number of hydrogen-bond donors (Lipinski definition) is 3. The van der Waals surface area contributed by atoms with Gasteiger partial charge in [-0.15, -0.1) is 12.6 Å². The lowest BCUT2D eigenvalue weighted by molar-refractivity contribution is -0.887. The third-order valence-corrected chi connectivity index (χ3v) is 4.36. The number of nitriles is 2. The summed E-state index contributed by atoms with van der Waals surface area (Å²) < 4.78 is 0. The molecule has 5 nitrogen and oxygen atoms in total. The largest absolute Gasteiger partial charge is 0.337 e. The molecule has 2 aliphatic rings. The fraction of sp³-hybridized carbons (Fsp3) is 0.583. The second-order valence-electron chi connectivity index (χ2n) is 5.00. The van der Waals surface area contributed by atoms with E-state index in [9.17, 15) is 15.3 Å². The second kappa shape index (κ2) is 4.64. The van der Waals surface area contributed by atoms with Crippen molar-refractivity contribution in [3.05, 3.63) is 10.6 Å². The number of nitrogens with one attached hydrogen (secondary N) is 2. The molecule has 0 saturated carbocycles. The molecule has 0 unspecified atom stereocenters. The standard InChI is InChI=1S/C12H14N4OS/c1-16-4-2-12(3-5-16)8(6-13)10(17)15-11(18)9(12)7-14/h8,18H,2-5H2,1H3,(H,15,17)/p+1/t8-/m0/s1. The molecule has 2 rings (SSSR count). The van der Waals surface area contributed by atoms with Crippen LogP contribution >= 0.6 is 12.6 Å². The summed E-state index contributed by atoms with van der Waals surface area (Å²) in [4.78, 5) is 13.3. The van der Waals surface area contributed by atoms with Crippen LogP contribution < -0.4 is 10.2 Å². The van der Waals surface area contributed by atoms with Gasteiger partial charge in [0.15, 0.2) is 0 Å². The highest BCUT2D eigenvalue weighted by molar-refractivity contribution is 7.84. The maximum atomic E-state index is 11.9. The fourth-order valence-electron chi connectivity index (χ4n) is 2.89. The maximum Gasteiger partial charge on any atom is 0.243 e. The summed E-state index contributed by atoms with van der Waals surface area (Å²) in [6.45, 7) is 1.72. The number of nitrogens with zero attached hydrogens (tertiary/aromatic N) is 2. The van der Waals surface area contributed by atoms with Crippen LogP contribution in [0, 0.1) is 34.0 Å². The lowest BCUT2D eigenvalue weighted by Gasteiger charge is -2.43. The summed E-state index contributed by atoms with van der Waals surface area (Å²) in [5.74, 6) is -1.11. The van der Waals surface area contributed by atoms with Gasteiger partial charge in [0, 0.05) is 18.3 Å². The Morgan fingerprint density at radius 3 is 2.56 bits per heavy atom. The van der Waals surface area contributed by atoms with Crippen LogP contribution in [0.25, 0.3) is 0 Å². The Hall–Kier alpha value is -1.50. The molecule has 0 radical (unpaired) electrons. The first kappa shape index (κ1) is 12.9. The highest BCUT2D eigenvalue weighted by atomic mass is 32.1. The highest BCUT2D eigenvalue weighted by Crippen LogP contribution is 2.46. The number of likely N-dealkylation sites (tertiary alicyclic amines) is 1. The zero-order chi connectivity index (χ0) is 13.3. The summed E-state index contributed by atoms with van der Waals surface area (Å²) in [6, 6.07) is 4.22. The average molecular weight is 263 g/mol. The second-order valence-corrected chi connectivity index (χ2v) is 5.45. The average Bonchev–Trinajstić information content (AvgIpc) is 2.33. The number of amides is 1. The maximum absolute atomic E-state index is 11.9. The summed E-state index contributed by atoms with van der Waals surface area (Å²) in [5.41, 5.74) is -0.174. The molecular weight excluding hydrogens is 248 g/mol. The number of carbonyl (C=O) groups excluding carboxylic acids is 1. The topological polar surface area (TPSA) is 81.1 Å². The van der Waals surface area contributed by atoms with Crippen LogP contribution in [0.2, 0.25) is 0 Å². The minimum absolute atomic E-state index is 0.313. The van der Waals surface area contributed by atoms with Crippen molar-refractivity contribution in [1.82, 2.24) is 5.32 Å². The number of allylic oxidation sites excluding steroid dienone is 1. The minimum Gasteiger partial charge on any atom is -0.337 e. The molecule has 1 atom stereocenters. The van der Waals surface area contributed by atoms with E-state index in [1.807, 2.05) is 0 Å². The molecule has 2 N–H and O–H groups in total. The number of hydrogen-bond acceptors (Lipinski definition) is 4. The Labute approximate surface area is 111 Å². The van der Waals surface area contributed by atoms with Crippen LogP contribution in [0.15, 0.2) is 10.6 Å². The van der Waals surface area contributed by atoms with Crippen molar-refractivity contribution >= 4 is 18.5 Å². The Balaban J connectivity index is 2.51. The molecule has 1 spiro atoms. The van der Waals surface area contributed by atoms with Gasteiger partial charge in [-0.25, -0.2) is 0 Å². The third-order valence-electron chi connectivity index (χ3n) is 4.03. The smallest absolute Gasteiger partial charge is 0.243 e. The van der Waals surface area contributed by atoms with E-state index in [1.54, 1.807) is 0 Å². The quantitative estimate of drug-likeness (QED) is 0.501. The van der Waals surface area contributed by atoms with Gasteiger partial charge in [0.25, 0.3) is 0 Å². The Morgan fingerprint density at radius 1 is 1.44 bits per heavy atom. The number of quaternary nitrogens is 1. The van der Waals surface area contributed by atoms with Crippen molar-refractivity contribution in [3.63, 3.8) is 0 Å². The zero-order valence-electron chi connectivity index (χ0n) is 10.2. The lowest BCUT2D eigenvalue weighted by atomic mass is 9.63. The van der Waals surface area contributed by atoms with E-state index < -0.39 is 11.3 Å². The van der Waals surface area contributed by atoms with Crippen LogP contribution in [-0.2, 0) is 4.79 Å². The first-order chi connectivity index (χ1) is 8.55. The molecule has 0 aliphatic carbocycles. The van der Waals surface area contributed by atoms with Gasteiger partial charge in [0.05, 0.1) is 42.9 Å². The van der Waals surface area contributed by atoms with Gasteiger partial charge in [-0.1, -0.05) is 0 Å². The van der Waals surface area contributed by atoms with Crippen LogP contribution in [0.1, 0.15) is 12.8 Å². The van der Waals surface area contributed by atoms with E-state index >= 15 is 0 Å². The summed E-state index contributed by atoms with van der Waals surface area (Å²) >= 11 is 4.19. The molecule has 0 aromatic heterocycles. The van der Waals surface area contributed by atoms with Crippen molar-refractivity contribution in [1.29, 1.82) is 10.5 Å². The SMILES string of the molecule is C[NH+]1CCC2(CC1)C(C#N)=C(S)NC(=O)[C@@H]2C#N. The molecule has 1 fully saturated rings. The number of carbonyl (C=O) groups is 1. The molecule has 1 saturated heterocycles. The normalized spacial score (nSPS) is 35.9. The van der Waals surface area contributed by atoms with Crippen molar-refractivity contribution in [2.45, 2.75) is 12.8 Å². The molecule has 0 aromatic carbocycles. The molecule has 2 heterocycles. The molecule has 1 amide bonds. The van der Waals surface area contributed by atoms with E-state index in [0.717, 1.165) is 13.1 Å². The van der Waals surface area contributed by atoms with Crippen molar-refractivity contribution in [3.8, 4) is 12.1 Å². The highest BCUT2D eigenvalue weighted by Gasteiger charge is 2.52. The number of rotatable bonds is 0. The zero-order valence-corrected chi connectivity index (χ0v) is 11.1. The van der Waals surface area contributed by atoms with Crippen LogP contribution in [-0.4, -0.2) is 26.0 Å². The predicted molar refractivity (Wildman–Crippen MR) is 67.2 cm³/mol. The predicted octanol–water partition coefficient (Wildman–Crippen LogP) is -0.784. The molecule has 6 heteroatoms. The Morgan fingerprint density at radius 2 is 2.06 bits per heavy atom. The van der Waals surface area contributed by atoms with E-state index in [4.69, 9.17) is 0 Å². The third kappa shape index (κ3) is 1.78. The van der Waals surface area contributed by atoms with Gasteiger partial charge in [-0.05, 0) is 0 Å². The van der Waals surface area contributed by atoms with Gasteiger partial charge in [-0.3, -0.25) is 4.79 Å². The van der Waals surface area contributed by atoms with E-state index in [0.29, 0.717) is 23.4 Å². The molecule has 94 valence electrons. The van der Waals surface area contributed by atoms with E-state index in [2.05, 4.69) is 37.1 Å². The van der Waals surface area contributed by atoms with Gasteiger partial charge in [0.1, 0.15) is 5.92 Å². The van der Waals surface area contributed by atoms with Crippen molar-refractivity contribution in [2.24, 2.45) is 11.3 Å². The van der Waals surface area contributed by atoms with Crippen LogP contribution in [0.3, 0.4) is 0 Å². The van der Waals surface area contributed by atoms with E-state index in [-0.39, 0.29) is 5.91 Å². The van der Waals surface area contributed by atoms with Gasteiger partial charge >= 0.3 is 0 Å². The lowest BCUT2D eigenvalue weighted by Crippen LogP contribution is -3.10. The summed E-state index contributed by atoms with van der Waals surface area (Å²) in [7, 11) is 2.08. The first-order valence-corrected chi connectivity index (χ1v) is 6.35. The fourth-order valence-corrected chi connectivity index (χ4v) is 3.27. The monoisotopic (exact) mass is 263 g/mol. The van der Waals surface area contributed by atoms with Gasteiger partial charge in [-0.2, -0.15) is 10.5 Å². The molecule has 18 heavy (non-hydrogen) atoms. The van der Waals surface area contributed by atoms with Crippen LogP contribution in [0.5, 0.6) is 0 Å². The van der Waals surface area contributed by atoms with Crippen LogP contribution in [0.4, 0.5) is 0 Å². The van der Waals surface area contributed by atoms with Gasteiger partial charge in [0.2, 0.25) is 5.91 Å². The first-order valence-electron chi connectivity index (χ1n) is 5.91. The molecule has 2 aliphatic heterocycles. The summed E-state index contributed by atoms with van der Waals surface area (Å²) in [5, 5.41) is 21.4. The summed E-state index contributed by atoms with van der Waals surface area (Å²) in [6.07, 6.45) is 1.36. The van der Waals surface area contributed by atoms with Crippen molar-refractivity contribution in [2.75, 3.05) is 20.1 Å². The Kier molecular flexibility index (Phi) is 3.34. The minimum atomic E-state index is -0.781.